The molecule has 1 amide bonds. The summed E-state index contributed by atoms with van der Waals surface area (Å²) in [6, 6.07) is 24.0. The van der Waals surface area contributed by atoms with Crippen molar-refractivity contribution in [3.05, 3.63) is 95.7 Å². The fourth-order valence-corrected chi connectivity index (χ4v) is 4.90. The van der Waals surface area contributed by atoms with Gasteiger partial charge in [-0.3, -0.25) is 4.79 Å². The van der Waals surface area contributed by atoms with Crippen molar-refractivity contribution in [2.75, 3.05) is 6.61 Å². The van der Waals surface area contributed by atoms with Gasteiger partial charge in [-0.1, -0.05) is 66.7 Å². The van der Waals surface area contributed by atoms with Crippen molar-refractivity contribution in [1.29, 1.82) is 0 Å². The molecule has 1 aliphatic carbocycles. The molecule has 34 heavy (non-hydrogen) atoms. The van der Waals surface area contributed by atoms with Crippen LogP contribution in [0, 0.1) is 0 Å². The standard InChI is InChI=1S/C28H26N2O4/c31-27(32)14-13-19(15-18-16-29-26-12-6-5-7-20(18)26)30-28(33)34-17-25-23-10-3-1-8-21(23)22-9-2-4-11-24(22)25/h1-12,16,19,25,29H,13-15,17H2,(H,30,33)(H,31,32)/t19-/m1/s1. The van der Waals surface area contributed by atoms with E-state index in [1.54, 1.807) is 0 Å². The zero-order chi connectivity index (χ0) is 23.5. The molecule has 6 heteroatoms. The Morgan fingerprint density at radius 1 is 0.941 bits per heavy atom. The molecule has 1 aromatic heterocycles. The highest BCUT2D eigenvalue weighted by atomic mass is 16.5. The molecule has 5 rings (SSSR count). The number of hydrogen-bond donors (Lipinski definition) is 3. The van der Waals surface area contributed by atoms with E-state index in [1.807, 2.05) is 54.7 Å². The maximum absolute atomic E-state index is 12.8. The lowest BCUT2D eigenvalue weighted by atomic mass is 9.98. The van der Waals surface area contributed by atoms with Crippen LogP contribution >= 0.6 is 0 Å². The summed E-state index contributed by atoms with van der Waals surface area (Å²) in [4.78, 5) is 27.2. The van der Waals surface area contributed by atoms with E-state index in [2.05, 4.69) is 34.6 Å². The molecule has 1 atom stereocenters. The fraction of sp³-hybridized carbons (Fsp3) is 0.214. The summed E-state index contributed by atoms with van der Waals surface area (Å²) in [5.41, 5.74) is 6.69. The number of H-pyrrole nitrogens is 1. The van der Waals surface area contributed by atoms with Crippen molar-refractivity contribution in [3.8, 4) is 11.1 Å². The minimum absolute atomic E-state index is 0.0239. The Bertz CT molecular complexity index is 1300. The Kier molecular flexibility index (Phi) is 6.04. The summed E-state index contributed by atoms with van der Waals surface area (Å²) in [5.74, 6) is -0.914. The normalized spacial score (nSPS) is 13.3. The molecule has 3 aromatic carbocycles. The minimum Gasteiger partial charge on any atom is -0.481 e. The number of amides is 1. The van der Waals surface area contributed by atoms with Gasteiger partial charge >= 0.3 is 12.1 Å². The van der Waals surface area contributed by atoms with E-state index in [0.29, 0.717) is 12.8 Å². The Morgan fingerprint density at radius 2 is 1.59 bits per heavy atom. The Morgan fingerprint density at radius 3 is 2.29 bits per heavy atom. The SMILES string of the molecule is O=C(O)CC[C@H](Cc1c[nH]c2ccccc12)NC(=O)OCC1c2ccccc2-c2ccccc21. The van der Waals surface area contributed by atoms with Gasteiger partial charge in [0.25, 0.3) is 0 Å². The van der Waals surface area contributed by atoms with E-state index < -0.39 is 12.1 Å². The van der Waals surface area contributed by atoms with Gasteiger partial charge in [0.1, 0.15) is 6.61 Å². The summed E-state index contributed by atoms with van der Waals surface area (Å²) < 4.78 is 5.68. The molecular weight excluding hydrogens is 428 g/mol. The molecule has 0 spiro atoms. The van der Waals surface area contributed by atoms with Crippen molar-refractivity contribution in [2.24, 2.45) is 0 Å². The zero-order valence-electron chi connectivity index (χ0n) is 18.7. The second kappa shape index (κ2) is 9.43. The Balaban J connectivity index is 1.28. The van der Waals surface area contributed by atoms with Gasteiger partial charge in [0.15, 0.2) is 0 Å². The zero-order valence-corrected chi connectivity index (χ0v) is 18.7. The van der Waals surface area contributed by atoms with Crippen LogP contribution in [0.2, 0.25) is 0 Å². The van der Waals surface area contributed by atoms with Crippen molar-refractivity contribution >= 4 is 23.0 Å². The molecule has 0 radical (unpaired) electrons. The van der Waals surface area contributed by atoms with Crippen molar-refractivity contribution in [3.63, 3.8) is 0 Å². The fourth-order valence-electron chi connectivity index (χ4n) is 4.90. The van der Waals surface area contributed by atoms with Crippen LogP contribution < -0.4 is 5.32 Å². The number of alkyl carbamates (subject to hydrolysis) is 1. The third-order valence-electron chi connectivity index (χ3n) is 6.51. The molecule has 0 saturated carbocycles. The van der Waals surface area contributed by atoms with E-state index in [4.69, 9.17) is 4.74 Å². The van der Waals surface area contributed by atoms with E-state index in [1.165, 1.54) is 11.1 Å². The molecule has 0 aliphatic heterocycles. The number of carboxylic acid groups (broad SMARTS) is 1. The summed E-state index contributed by atoms with van der Waals surface area (Å²) >= 11 is 0. The number of aromatic nitrogens is 1. The highest BCUT2D eigenvalue weighted by Crippen LogP contribution is 2.44. The van der Waals surface area contributed by atoms with Gasteiger partial charge in [-0.15, -0.1) is 0 Å². The third-order valence-corrected chi connectivity index (χ3v) is 6.51. The number of aliphatic carboxylic acids is 1. The number of nitrogens with one attached hydrogen (secondary N) is 2. The number of para-hydroxylation sites is 1. The smallest absolute Gasteiger partial charge is 0.407 e. The molecule has 0 saturated heterocycles. The maximum Gasteiger partial charge on any atom is 0.407 e. The van der Waals surface area contributed by atoms with E-state index in [-0.39, 0.29) is 25.0 Å². The first kappa shape index (κ1) is 21.8. The van der Waals surface area contributed by atoms with Crippen LogP contribution in [-0.4, -0.2) is 34.8 Å². The van der Waals surface area contributed by atoms with Gasteiger partial charge in [-0.05, 0) is 46.7 Å². The van der Waals surface area contributed by atoms with Gasteiger partial charge < -0.3 is 20.1 Å². The van der Waals surface area contributed by atoms with E-state index in [0.717, 1.165) is 27.6 Å². The van der Waals surface area contributed by atoms with E-state index >= 15 is 0 Å². The number of carboxylic acids is 1. The molecule has 3 N–H and O–H groups in total. The van der Waals surface area contributed by atoms with Crippen LogP contribution in [-0.2, 0) is 16.0 Å². The average Bonchev–Trinajstić information content (AvgIpc) is 3.40. The van der Waals surface area contributed by atoms with Gasteiger partial charge in [-0.2, -0.15) is 0 Å². The molecule has 6 nitrogen and oxygen atoms in total. The number of hydrogen-bond acceptors (Lipinski definition) is 3. The summed E-state index contributed by atoms with van der Waals surface area (Å²) in [6.45, 7) is 0.221. The molecule has 172 valence electrons. The van der Waals surface area contributed by atoms with Gasteiger partial charge in [0.2, 0.25) is 0 Å². The highest BCUT2D eigenvalue weighted by molar-refractivity contribution is 5.83. The molecule has 1 heterocycles. The Hall–Kier alpha value is -4.06. The van der Waals surface area contributed by atoms with Gasteiger partial charge in [0, 0.05) is 35.5 Å². The average molecular weight is 455 g/mol. The lowest BCUT2D eigenvalue weighted by Gasteiger charge is -2.19. The second-order valence-corrected chi connectivity index (χ2v) is 8.66. The number of carbonyl (C=O) groups excluding carboxylic acids is 1. The number of aromatic amines is 1. The lowest BCUT2D eigenvalue weighted by molar-refractivity contribution is -0.137. The van der Waals surface area contributed by atoms with Crippen LogP contribution in [0.4, 0.5) is 4.79 Å². The lowest BCUT2D eigenvalue weighted by Crippen LogP contribution is -2.37. The van der Waals surface area contributed by atoms with Crippen LogP contribution in [0.25, 0.3) is 22.0 Å². The predicted octanol–water partition coefficient (Wildman–Crippen LogP) is 5.48. The first-order chi connectivity index (χ1) is 16.6. The molecule has 4 aromatic rings. The van der Waals surface area contributed by atoms with Gasteiger partial charge in [-0.25, -0.2) is 4.79 Å². The van der Waals surface area contributed by atoms with Crippen molar-refractivity contribution in [1.82, 2.24) is 10.3 Å². The monoisotopic (exact) mass is 454 g/mol. The Labute approximate surface area is 197 Å². The van der Waals surface area contributed by atoms with Crippen LogP contribution in [0.15, 0.2) is 79.0 Å². The number of fused-ring (bicyclic) bond motifs is 4. The highest BCUT2D eigenvalue weighted by Gasteiger charge is 2.29. The summed E-state index contributed by atoms with van der Waals surface area (Å²) in [7, 11) is 0. The topological polar surface area (TPSA) is 91.4 Å². The molecule has 1 aliphatic rings. The first-order valence-corrected chi connectivity index (χ1v) is 11.5. The number of carbonyl (C=O) groups is 2. The molecule has 0 fully saturated rings. The molecule has 0 unspecified atom stereocenters. The van der Waals surface area contributed by atoms with E-state index in [9.17, 15) is 14.7 Å². The van der Waals surface area contributed by atoms with Crippen molar-refractivity contribution < 1.29 is 19.4 Å². The predicted molar refractivity (Wildman–Crippen MR) is 131 cm³/mol. The minimum atomic E-state index is -0.890. The van der Waals surface area contributed by atoms with Crippen LogP contribution in [0.3, 0.4) is 0 Å². The van der Waals surface area contributed by atoms with Gasteiger partial charge in [0.05, 0.1) is 0 Å². The molecule has 0 bridgehead atoms. The summed E-state index contributed by atoms with van der Waals surface area (Å²) in [6.07, 6.45) is 2.19. The quantitative estimate of drug-likeness (QED) is 0.329. The van der Waals surface area contributed by atoms with Crippen LogP contribution in [0.1, 0.15) is 35.4 Å². The summed E-state index contributed by atoms with van der Waals surface area (Å²) in [5, 5.41) is 13.2. The largest absolute Gasteiger partial charge is 0.481 e. The number of rotatable bonds is 8. The number of benzene rings is 3. The number of ether oxygens (including phenoxy) is 1. The second-order valence-electron chi connectivity index (χ2n) is 8.66. The molecular formula is C28H26N2O4. The third kappa shape index (κ3) is 4.39. The first-order valence-electron chi connectivity index (χ1n) is 11.5. The van der Waals surface area contributed by atoms with Crippen LogP contribution in [0.5, 0.6) is 0 Å². The maximum atomic E-state index is 12.8. The van der Waals surface area contributed by atoms with Crippen molar-refractivity contribution in [2.45, 2.75) is 31.2 Å².